The molecule has 2 aromatic carbocycles. The fourth-order valence-corrected chi connectivity index (χ4v) is 6.85. The van der Waals surface area contributed by atoms with E-state index in [1.807, 2.05) is 79.4 Å². The Balaban J connectivity index is 1.15. The number of piperidine rings is 1. The number of thiazole rings is 2. The molecule has 1 saturated heterocycles. The molecule has 8 heteroatoms. The first kappa shape index (κ1) is 23.8. The molecule has 0 saturated carbocycles. The highest BCUT2D eigenvalue weighted by atomic mass is 32.1. The van der Waals surface area contributed by atoms with Gasteiger partial charge < -0.3 is 9.42 Å². The van der Waals surface area contributed by atoms with E-state index in [-0.39, 0.29) is 5.91 Å². The van der Waals surface area contributed by atoms with Crippen molar-refractivity contribution in [2.24, 2.45) is 0 Å². The first-order valence-electron chi connectivity index (χ1n) is 12.4. The van der Waals surface area contributed by atoms with Gasteiger partial charge in [-0.05, 0) is 26.7 Å². The summed E-state index contributed by atoms with van der Waals surface area (Å²) in [6.07, 6.45) is 1.80. The van der Waals surface area contributed by atoms with Crippen LogP contribution in [0.25, 0.3) is 33.1 Å². The van der Waals surface area contributed by atoms with Gasteiger partial charge in [-0.25, -0.2) is 9.97 Å². The lowest BCUT2D eigenvalue weighted by Gasteiger charge is -2.30. The fraction of sp³-hybridized carbons (Fsp3) is 0.241. The molecule has 0 N–H and O–H groups in total. The van der Waals surface area contributed by atoms with Gasteiger partial charge in [0.2, 0.25) is 0 Å². The molecule has 0 radical (unpaired) electrons. The molecule has 3 aromatic heterocycles. The molecule has 1 aliphatic heterocycles. The Morgan fingerprint density at radius 3 is 2.32 bits per heavy atom. The molecular formula is C29H26N4O2S2. The van der Waals surface area contributed by atoms with Crippen LogP contribution in [0, 0.1) is 13.8 Å². The van der Waals surface area contributed by atoms with Crippen LogP contribution in [0.4, 0.5) is 0 Å². The number of carbonyl (C=O) groups excluding carboxylic acids is 1. The van der Waals surface area contributed by atoms with Crippen molar-refractivity contribution < 1.29 is 9.32 Å². The predicted molar refractivity (Wildman–Crippen MR) is 148 cm³/mol. The molecule has 0 spiro atoms. The monoisotopic (exact) mass is 526 g/mol. The van der Waals surface area contributed by atoms with Crippen molar-refractivity contribution in [3.05, 3.63) is 87.4 Å². The van der Waals surface area contributed by atoms with Gasteiger partial charge in [0.1, 0.15) is 21.3 Å². The van der Waals surface area contributed by atoms with Crippen molar-refractivity contribution in [3.8, 4) is 33.1 Å². The fourth-order valence-electron chi connectivity index (χ4n) is 4.83. The number of aryl methyl sites for hydroxylation is 2. The van der Waals surface area contributed by atoms with Gasteiger partial charge in [0.25, 0.3) is 5.91 Å². The van der Waals surface area contributed by atoms with Crippen molar-refractivity contribution in [2.75, 3.05) is 13.1 Å². The Morgan fingerprint density at radius 1 is 0.946 bits per heavy atom. The summed E-state index contributed by atoms with van der Waals surface area (Å²) >= 11 is 3.17. The number of likely N-dealkylation sites (tertiary alicyclic amines) is 1. The number of benzene rings is 2. The summed E-state index contributed by atoms with van der Waals surface area (Å²) in [6.45, 7) is 5.30. The summed E-state index contributed by atoms with van der Waals surface area (Å²) in [5.41, 5.74) is 5.56. The third kappa shape index (κ3) is 4.63. The molecule has 186 valence electrons. The normalized spacial score (nSPS) is 14.3. The number of aromatic nitrogens is 3. The van der Waals surface area contributed by atoms with E-state index >= 15 is 0 Å². The number of carbonyl (C=O) groups is 1. The predicted octanol–water partition coefficient (Wildman–Crippen LogP) is 7.23. The average molecular weight is 527 g/mol. The van der Waals surface area contributed by atoms with Gasteiger partial charge in [-0.2, -0.15) is 0 Å². The summed E-state index contributed by atoms with van der Waals surface area (Å²) in [7, 11) is 0. The standard InChI is InChI=1S/C29H26N4O2S2/c1-18-26(37-28(30-18)21-11-7-4-8-12-21)29(34)33-15-13-22(14-16-33)27-31-23(17-36-27)24-19(2)35-32-25(24)20-9-5-3-6-10-20/h3-12,17,22H,13-16H2,1-2H3. The summed E-state index contributed by atoms with van der Waals surface area (Å²) in [5, 5.41) is 8.42. The van der Waals surface area contributed by atoms with Gasteiger partial charge in [-0.3, -0.25) is 4.79 Å². The Morgan fingerprint density at radius 2 is 1.62 bits per heavy atom. The SMILES string of the molecule is Cc1nc(-c2ccccc2)sc1C(=O)N1CCC(c2nc(-c3c(-c4ccccc4)noc3C)cs2)CC1. The lowest BCUT2D eigenvalue weighted by Crippen LogP contribution is -2.37. The van der Waals surface area contributed by atoms with E-state index in [1.54, 1.807) is 11.3 Å². The molecule has 0 atom stereocenters. The van der Waals surface area contributed by atoms with Gasteiger partial charge in [0.15, 0.2) is 0 Å². The smallest absolute Gasteiger partial charge is 0.265 e. The molecule has 6 rings (SSSR count). The minimum Gasteiger partial charge on any atom is -0.360 e. The van der Waals surface area contributed by atoms with Gasteiger partial charge in [0, 0.05) is 35.5 Å². The third-order valence-electron chi connectivity index (χ3n) is 6.83. The van der Waals surface area contributed by atoms with E-state index in [1.165, 1.54) is 11.3 Å². The highest BCUT2D eigenvalue weighted by molar-refractivity contribution is 7.17. The number of rotatable bonds is 5. The topological polar surface area (TPSA) is 72.1 Å². The maximum Gasteiger partial charge on any atom is 0.265 e. The van der Waals surface area contributed by atoms with Crippen LogP contribution in [0.1, 0.15) is 44.9 Å². The number of hydrogen-bond donors (Lipinski definition) is 0. The van der Waals surface area contributed by atoms with E-state index in [0.717, 1.165) is 80.4 Å². The van der Waals surface area contributed by atoms with Crippen molar-refractivity contribution in [2.45, 2.75) is 32.6 Å². The summed E-state index contributed by atoms with van der Waals surface area (Å²) in [4.78, 5) is 25.7. The minimum atomic E-state index is 0.0862. The first-order valence-corrected chi connectivity index (χ1v) is 14.1. The second kappa shape index (κ2) is 10.0. The summed E-state index contributed by atoms with van der Waals surface area (Å²) in [6, 6.07) is 20.1. The summed E-state index contributed by atoms with van der Waals surface area (Å²) < 4.78 is 5.55. The third-order valence-corrected chi connectivity index (χ3v) is 9.03. The molecular weight excluding hydrogens is 500 g/mol. The van der Waals surface area contributed by atoms with Crippen molar-refractivity contribution in [3.63, 3.8) is 0 Å². The Labute approximate surface area is 223 Å². The van der Waals surface area contributed by atoms with Gasteiger partial charge >= 0.3 is 0 Å². The Bertz CT molecular complexity index is 1530. The van der Waals surface area contributed by atoms with Crippen LogP contribution in [-0.4, -0.2) is 39.0 Å². The van der Waals surface area contributed by atoms with Crippen LogP contribution in [0.2, 0.25) is 0 Å². The largest absolute Gasteiger partial charge is 0.360 e. The minimum absolute atomic E-state index is 0.0862. The molecule has 5 aromatic rings. The zero-order chi connectivity index (χ0) is 25.4. The van der Waals surface area contributed by atoms with E-state index in [9.17, 15) is 4.79 Å². The first-order chi connectivity index (χ1) is 18.1. The molecule has 0 aliphatic carbocycles. The van der Waals surface area contributed by atoms with Gasteiger partial charge in [0.05, 0.1) is 22.0 Å². The van der Waals surface area contributed by atoms with Crippen LogP contribution < -0.4 is 0 Å². The van der Waals surface area contributed by atoms with Gasteiger partial charge in [-0.1, -0.05) is 65.8 Å². The molecule has 0 bridgehead atoms. The van der Waals surface area contributed by atoms with E-state index in [0.29, 0.717) is 5.92 Å². The highest BCUT2D eigenvalue weighted by Crippen LogP contribution is 2.38. The van der Waals surface area contributed by atoms with Crippen LogP contribution in [-0.2, 0) is 0 Å². The Hall–Kier alpha value is -3.62. The van der Waals surface area contributed by atoms with E-state index < -0.39 is 0 Å². The lowest BCUT2D eigenvalue weighted by atomic mass is 9.97. The lowest BCUT2D eigenvalue weighted by molar-refractivity contribution is 0.0717. The zero-order valence-corrected chi connectivity index (χ0v) is 22.3. The highest BCUT2D eigenvalue weighted by Gasteiger charge is 2.29. The van der Waals surface area contributed by atoms with Gasteiger partial charge in [-0.15, -0.1) is 22.7 Å². The molecule has 1 amide bonds. The second-order valence-electron chi connectivity index (χ2n) is 9.27. The molecule has 1 fully saturated rings. The quantitative estimate of drug-likeness (QED) is 0.242. The van der Waals surface area contributed by atoms with Crippen LogP contribution in [0.5, 0.6) is 0 Å². The number of amides is 1. The van der Waals surface area contributed by atoms with Crippen molar-refractivity contribution in [1.29, 1.82) is 0 Å². The Kier molecular flexibility index (Phi) is 6.44. The number of nitrogens with zero attached hydrogens (tertiary/aromatic N) is 4. The van der Waals surface area contributed by atoms with Crippen molar-refractivity contribution in [1.82, 2.24) is 20.0 Å². The molecule has 4 heterocycles. The maximum absolute atomic E-state index is 13.3. The molecule has 37 heavy (non-hydrogen) atoms. The maximum atomic E-state index is 13.3. The van der Waals surface area contributed by atoms with Crippen LogP contribution >= 0.6 is 22.7 Å². The van der Waals surface area contributed by atoms with E-state index in [4.69, 9.17) is 9.51 Å². The average Bonchev–Trinajstić information content (AvgIpc) is 3.68. The second-order valence-corrected chi connectivity index (χ2v) is 11.2. The summed E-state index contributed by atoms with van der Waals surface area (Å²) in [5.74, 6) is 1.19. The van der Waals surface area contributed by atoms with Crippen LogP contribution in [0.15, 0.2) is 70.6 Å². The van der Waals surface area contributed by atoms with Crippen molar-refractivity contribution >= 4 is 28.6 Å². The zero-order valence-electron chi connectivity index (χ0n) is 20.7. The molecule has 0 unspecified atom stereocenters. The van der Waals surface area contributed by atoms with Crippen LogP contribution in [0.3, 0.4) is 0 Å². The molecule has 1 aliphatic rings. The molecule has 6 nitrogen and oxygen atoms in total. The van der Waals surface area contributed by atoms with E-state index in [2.05, 4.69) is 15.5 Å². The number of hydrogen-bond acceptors (Lipinski definition) is 7.